The fourth-order valence-corrected chi connectivity index (χ4v) is 6.17. The van der Waals surface area contributed by atoms with E-state index >= 15 is 0 Å². The third-order valence-corrected chi connectivity index (χ3v) is 8.32. The van der Waals surface area contributed by atoms with Crippen molar-refractivity contribution in [3.8, 4) is 12.1 Å². The molecule has 0 spiro atoms. The molecule has 3 aromatic rings. The third-order valence-electron chi connectivity index (χ3n) is 8.32. The van der Waals surface area contributed by atoms with Crippen molar-refractivity contribution in [1.82, 2.24) is 9.55 Å². The Kier molecular flexibility index (Phi) is 7.81. The number of halogens is 1. The van der Waals surface area contributed by atoms with Gasteiger partial charge in [-0.2, -0.15) is 10.5 Å². The van der Waals surface area contributed by atoms with Crippen LogP contribution in [0.3, 0.4) is 0 Å². The minimum atomic E-state index is -0.371. The average molecular weight is 529 g/mol. The lowest BCUT2D eigenvalue weighted by Gasteiger charge is -2.43. The molecule has 9 heteroatoms. The zero-order valence-corrected chi connectivity index (χ0v) is 22.4. The first-order valence-corrected chi connectivity index (χ1v) is 13.6. The Morgan fingerprint density at radius 1 is 1.05 bits per heavy atom. The molecule has 1 aliphatic carbocycles. The van der Waals surface area contributed by atoms with Crippen molar-refractivity contribution in [2.75, 3.05) is 36.6 Å². The molecule has 3 heterocycles. The third kappa shape index (κ3) is 5.32. The van der Waals surface area contributed by atoms with Crippen molar-refractivity contribution in [2.45, 2.75) is 50.6 Å². The molecule has 0 N–H and O–H groups in total. The smallest absolute Gasteiger partial charge is 0.270 e. The van der Waals surface area contributed by atoms with Crippen molar-refractivity contribution >= 4 is 22.4 Å². The van der Waals surface area contributed by atoms with E-state index in [4.69, 9.17) is 4.74 Å². The van der Waals surface area contributed by atoms with E-state index in [2.05, 4.69) is 22.0 Å². The van der Waals surface area contributed by atoms with Gasteiger partial charge >= 0.3 is 0 Å². The van der Waals surface area contributed by atoms with E-state index in [-0.39, 0.29) is 28.7 Å². The summed E-state index contributed by atoms with van der Waals surface area (Å²) in [7, 11) is 3.54. The highest BCUT2D eigenvalue weighted by atomic mass is 19.1. The summed E-state index contributed by atoms with van der Waals surface area (Å²) < 4.78 is 20.9. The van der Waals surface area contributed by atoms with Gasteiger partial charge in [0, 0.05) is 45.0 Å². The van der Waals surface area contributed by atoms with Crippen LogP contribution in [-0.2, 0) is 11.8 Å². The molecule has 0 unspecified atom stereocenters. The van der Waals surface area contributed by atoms with Crippen LogP contribution >= 0.6 is 0 Å². The van der Waals surface area contributed by atoms with Gasteiger partial charge in [-0.05, 0) is 80.8 Å². The number of benzene rings is 1. The van der Waals surface area contributed by atoms with Gasteiger partial charge in [0.05, 0.1) is 17.8 Å². The highest BCUT2D eigenvalue weighted by Gasteiger charge is 2.32. The predicted octanol–water partition coefficient (Wildman–Crippen LogP) is 4.50. The molecule has 1 saturated carbocycles. The highest BCUT2D eigenvalue weighted by molar-refractivity contribution is 5.92. The minimum Gasteiger partial charge on any atom is -0.381 e. The van der Waals surface area contributed by atoms with E-state index in [0.29, 0.717) is 28.7 Å². The second kappa shape index (κ2) is 11.4. The molecule has 1 aliphatic heterocycles. The maximum absolute atomic E-state index is 13.7. The first kappa shape index (κ1) is 26.6. The molecule has 2 aliphatic rings. The Balaban J connectivity index is 1.41. The number of hydrogen-bond donors (Lipinski definition) is 0. The molecular formula is C30H33FN6O2. The Morgan fingerprint density at radius 3 is 2.41 bits per heavy atom. The first-order chi connectivity index (χ1) is 18.9. The second-order valence-corrected chi connectivity index (χ2v) is 10.7. The molecule has 1 aromatic carbocycles. The molecule has 5 rings (SSSR count). The van der Waals surface area contributed by atoms with E-state index < -0.39 is 0 Å². The molecule has 8 nitrogen and oxygen atoms in total. The molecule has 2 fully saturated rings. The number of aromatic nitrogens is 2. The highest BCUT2D eigenvalue weighted by Crippen LogP contribution is 2.35. The number of hydrogen-bond acceptors (Lipinski definition) is 7. The average Bonchev–Trinajstić information content (AvgIpc) is 2.98. The van der Waals surface area contributed by atoms with Gasteiger partial charge in [-0.1, -0.05) is 0 Å². The van der Waals surface area contributed by atoms with Gasteiger partial charge in [-0.3, -0.25) is 4.79 Å². The van der Waals surface area contributed by atoms with Crippen LogP contribution in [-0.4, -0.2) is 48.4 Å². The van der Waals surface area contributed by atoms with Crippen LogP contribution in [0, 0.1) is 34.4 Å². The maximum atomic E-state index is 13.7. The Bertz CT molecular complexity index is 1480. The van der Waals surface area contributed by atoms with Gasteiger partial charge in [0.1, 0.15) is 34.7 Å². The van der Waals surface area contributed by atoms with E-state index in [1.54, 1.807) is 19.2 Å². The van der Waals surface area contributed by atoms with Crippen LogP contribution in [0.25, 0.3) is 11.0 Å². The van der Waals surface area contributed by atoms with Crippen LogP contribution in [0.5, 0.6) is 0 Å². The minimum absolute atomic E-state index is 0.0439. The van der Waals surface area contributed by atoms with Crippen molar-refractivity contribution in [2.24, 2.45) is 13.0 Å². The number of aryl methyl sites for hydroxylation is 1. The quantitative estimate of drug-likeness (QED) is 0.465. The van der Waals surface area contributed by atoms with Crippen molar-refractivity contribution in [3.63, 3.8) is 0 Å². The molecule has 39 heavy (non-hydrogen) atoms. The van der Waals surface area contributed by atoms with E-state index in [1.807, 2.05) is 24.1 Å². The van der Waals surface area contributed by atoms with Gasteiger partial charge in [0.15, 0.2) is 0 Å². The predicted molar refractivity (Wildman–Crippen MR) is 148 cm³/mol. The van der Waals surface area contributed by atoms with E-state index in [1.165, 1.54) is 16.7 Å². The van der Waals surface area contributed by atoms with Gasteiger partial charge in [-0.25, -0.2) is 9.37 Å². The van der Waals surface area contributed by atoms with Crippen molar-refractivity contribution in [1.29, 1.82) is 10.5 Å². The number of fused-ring (bicyclic) bond motifs is 1. The molecule has 0 bridgehead atoms. The number of rotatable bonds is 6. The summed E-state index contributed by atoms with van der Waals surface area (Å²) in [6.07, 6.45) is 5.75. The summed E-state index contributed by atoms with van der Waals surface area (Å²) in [6.45, 7) is 2.44. The van der Waals surface area contributed by atoms with Crippen LogP contribution in [0.2, 0.25) is 0 Å². The summed E-state index contributed by atoms with van der Waals surface area (Å²) in [4.78, 5) is 22.0. The molecule has 0 amide bonds. The molecule has 2 aromatic heterocycles. The fourth-order valence-electron chi connectivity index (χ4n) is 6.17. The van der Waals surface area contributed by atoms with Crippen LogP contribution < -0.4 is 15.4 Å². The normalized spacial score (nSPS) is 21.2. The van der Waals surface area contributed by atoms with Crippen LogP contribution in [0.15, 0.2) is 41.2 Å². The van der Waals surface area contributed by atoms with Crippen LogP contribution in [0.4, 0.5) is 15.8 Å². The summed E-state index contributed by atoms with van der Waals surface area (Å²) in [5, 5.41) is 19.4. The number of nitrogens with zero attached hydrogens (tertiary/aromatic N) is 6. The largest absolute Gasteiger partial charge is 0.381 e. The molecular weight excluding hydrogens is 495 g/mol. The first-order valence-electron chi connectivity index (χ1n) is 13.6. The molecule has 1 atom stereocenters. The second-order valence-electron chi connectivity index (χ2n) is 10.7. The summed E-state index contributed by atoms with van der Waals surface area (Å²) in [5.74, 6) is 0.197. The summed E-state index contributed by atoms with van der Waals surface area (Å²) in [6, 6.07) is 14.6. The van der Waals surface area contributed by atoms with Crippen LogP contribution in [0.1, 0.15) is 49.8 Å². The Morgan fingerprint density at radius 2 is 1.77 bits per heavy atom. The van der Waals surface area contributed by atoms with Gasteiger partial charge < -0.3 is 19.1 Å². The maximum Gasteiger partial charge on any atom is 0.270 e. The topological polar surface area (TPSA) is 98.2 Å². The van der Waals surface area contributed by atoms with Crippen molar-refractivity contribution < 1.29 is 9.13 Å². The van der Waals surface area contributed by atoms with Gasteiger partial charge in [-0.15, -0.1) is 0 Å². The lowest BCUT2D eigenvalue weighted by molar-refractivity contribution is 0.0562. The zero-order valence-electron chi connectivity index (χ0n) is 22.4. The van der Waals surface area contributed by atoms with E-state index in [0.717, 1.165) is 64.0 Å². The number of ether oxygens (including phenoxy) is 1. The molecule has 0 radical (unpaired) electrons. The Labute approximate surface area is 227 Å². The van der Waals surface area contributed by atoms with Crippen molar-refractivity contribution in [3.05, 3.63) is 63.8 Å². The molecule has 202 valence electrons. The number of pyridine rings is 2. The molecule has 1 saturated heterocycles. The van der Waals surface area contributed by atoms with E-state index in [9.17, 15) is 19.7 Å². The lowest BCUT2D eigenvalue weighted by Crippen LogP contribution is -2.46. The fraction of sp³-hybridized carbons (Fsp3) is 0.467. The summed E-state index contributed by atoms with van der Waals surface area (Å²) >= 11 is 0. The standard InChI is InChI=1S/C30H33FN6O2/c1-35(29-26(17-33)30(38)36(2)27-14-7-22(16-32)34-28(27)29)23-10-12-25(13-11-23)37(18-20-4-3-15-39-19-20)24-8-5-21(31)6-9-24/h5-9,14,20,23,25H,3-4,10-13,15,18-19H2,1-2H3/t20-,23-,25+/m0/s1. The monoisotopic (exact) mass is 528 g/mol. The SMILES string of the molecule is Cn1c(=O)c(C#N)c(N(C)[C@H]2CC[C@@H](N(C[C@@H]3CCCOC3)c3ccc(F)cc3)CC2)c2nc(C#N)ccc21. The number of nitriles is 2. The lowest BCUT2D eigenvalue weighted by atomic mass is 9.87. The zero-order chi connectivity index (χ0) is 27.5. The summed E-state index contributed by atoms with van der Waals surface area (Å²) in [5.41, 5.74) is 2.51. The van der Waals surface area contributed by atoms with Gasteiger partial charge in [0.2, 0.25) is 0 Å². The number of anilines is 2. The van der Waals surface area contributed by atoms with Gasteiger partial charge in [0.25, 0.3) is 5.56 Å². The Hall–Kier alpha value is -3.95.